The summed E-state index contributed by atoms with van der Waals surface area (Å²) >= 11 is 2.01. The summed E-state index contributed by atoms with van der Waals surface area (Å²) in [6.45, 7) is 2.14. The smallest absolute Gasteiger partial charge is 0.0108 e. The number of benzene rings is 1. The number of hydrogen-bond donors (Lipinski definition) is 1. The highest BCUT2D eigenvalue weighted by atomic mass is 32.2. The molecule has 0 bridgehead atoms. The van der Waals surface area contributed by atoms with Crippen molar-refractivity contribution in [3.8, 4) is 0 Å². The molecule has 1 nitrogen and oxygen atoms in total. The lowest BCUT2D eigenvalue weighted by molar-refractivity contribution is 0.556. The van der Waals surface area contributed by atoms with Gasteiger partial charge in [-0.1, -0.05) is 12.1 Å². The molecule has 0 amide bonds. The maximum absolute atomic E-state index is 6.10. The summed E-state index contributed by atoms with van der Waals surface area (Å²) in [7, 11) is 0. The second kappa shape index (κ2) is 4.33. The fraction of sp³-hybridized carbons (Fsp3) is 0.600. The average Bonchev–Trinajstić information content (AvgIpc) is 3.20. The molecule has 2 saturated carbocycles. The molecule has 1 unspecified atom stereocenters. The summed E-state index contributed by atoms with van der Waals surface area (Å²) in [6, 6.07) is 9.44. The van der Waals surface area contributed by atoms with E-state index < -0.39 is 0 Å². The van der Waals surface area contributed by atoms with E-state index >= 15 is 0 Å². The van der Waals surface area contributed by atoms with Gasteiger partial charge >= 0.3 is 0 Å². The highest BCUT2D eigenvalue weighted by Gasteiger charge is 2.47. The molecule has 0 radical (unpaired) electrons. The molecule has 2 fully saturated rings. The van der Waals surface area contributed by atoms with Crippen LogP contribution in [0, 0.1) is 5.92 Å². The molecular formula is C15H21NS. The lowest BCUT2D eigenvalue weighted by Gasteiger charge is -2.20. The zero-order valence-corrected chi connectivity index (χ0v) is 11.3. The summed E-state index contributed by atoms with van der Waals surface area (Å²) in [5, 5.41) is 0. The Balaban J connectivity index is 1.67. The number of hydrogen-bond acceptors (Lipinski definition) is 2. The van der Waals surface area contributed by atoms with Crippen molar-refractivity contribution in [3.05, 3.63) is 29.8 Å². The SMILES string of the molecule is CC(N)C1(c2ccc(SCC3CC3)cc2)CC1. The van der Waals surface area contributed by atoms with Crippen molar-refractivity contribution >= 4 is 11.8 Å². The Hall–Kier alpha value is -0.470. The Bertz CT molecular complexity index is 388. The number of thioether (sulfide) groups is 1. The summed E-state index contributed by atoms with van der Waals surface area (Å²) < 4.78 is 0. The van der Waals surface area contributed by atoms with Crippen LogP contribution in [0.25, 0.3) is 0 Å². The first-order valence-corrected chi connectivity index (χ1v) is 7.68. The van der Waals surface area contributed by atoms with Gasteiger partial charge in [0.25, 0.3) is 0 Å². The minimum atomic E-state index is 0.285. The molecule has 0 aromatic heterocycles. The van der Waals surface area contributed by atoms with E-state index in [1.165, 1.54) is 41.9 Å². The zero-order valence-electron chi connectivity index (χ0n) is 10.5. The van der Waals surface area contributed by atoms with Crippen LogP contribution in [0.15, 0.2) is 29.2 Å². The van der Waals surface area contributed by atoms with Gasteiger partial charge in [0.1, 0.15) is 0 Å². The van der Waals surface area contributed by atoms with Crippen LogP contribution < -0.4 is 5.73 Å². The fourth-order valence-electron chi connectivity index (χ4n) is 2.52. The second-order valence-corrected chi connectivity index (χ2v) is 6.82. The summed E-state index contributed by atoms with van der Waals surface area (Å²) in [5.41, 5.74) is 7.86. The van der Waals surface area contributed by atoms with Gasteiger partial charge in [0.05, 0.1) is 0 Å². The third-order valence-corrected chi connectivity index (χ3v) is 5.52. The van der Waals surface area contributed by atoms with Crippen LogP contribution in [0.3, 0.4) is 0 Å². The molecule has 2 aliphatic rings. The fourth-order valence-corrected chi connectivity index (χ4v) is 3.61. The quantitative estimate of drug-likeness (QED) is 0.805. The third kappa shape index (κ3) is 2.38. The number of rotatable bonds is 5. The summed E-state index contributed by atoms with van der Waals surface area (Å²) in [5.74, 6) is 2.30. The van der Waals surface area contributed by atoms with E-state index in [1.807, 2.05) is 11.8 Å². The van der Waals surface area contributed by atoms with E-state index in [1.54, 1.807) is 0 Å². The molecule has 2 aliphatic carbocycles. The maximum Gasteiger partial charge on any atom is 0.0108 e. The summed E-state index contributed by atoms with van der Waals surface area (Å²) in [4.78, 5) is 1.42. The minimum absolute atomic E-state index is 0.285. The lowest BCUT2D eigenvalue weighted by atomic mass is 9.90. The Morgan fingerprint density at radius 2 is 1.94 bits per heavy atom. The first-order chi connectivity index (χ1) is 8.21. The van der Waals surface area contributed by atoms with Gasteiger partial charge in [-0.25, -0.2) is 0 Å². The van der Waals surface area contributed by atoms with E-state index in [4.69, 9.17) is 5.73 Å². The molecule has 0 aliphatic heterocycles. The standard InChI is InChI=1S/C15H21NS/c1-11(16)15(8-9-15)13-4-6-14(7-5-13)17-10-12-2-3-12/h4-7,11-12H,2-3,8-10,16H2,1H3. The van der Waals surface area contributed by atoms with Crippen molar-refractivity contribution in [2.24, 2.45) is 11.7 Å². The Labute approximate surface area is 108 Å². The molecule has 0 spiro atoms. The van der Waals surface area contributed by atoms with E-state index in [0.29, 0.717) is 5.41 Å². The van der Waals surface area contributed by atoms with E-state index in [2.05, 4.69) is 31.2 Å². The molecule has 92 valence electrons. The van der Waals surface area contributed by atoms with Gasteiger partial charge in [-0.2, -0.15) is 0 Å². The van der Waals surface area contributed by atoms with Crippen LogP contribution >= 0.6 is 11.8 Å². The van der Waals surface area contributed by atoms with Crippen molar-refractivity contribution in [2.75, 3.05) is 5.75 Å². The van der Waals surface area contributed by atoms with Gasteiger partial charge in [-0.05, 0) is 56.2 Å². The van der Waals surface area contributed by atoms with Crippen LogP contribution in [0.4, 0.5) is 0 Å². The molecule has 1 atom stereocenters. The van der Waals surface area contributed by atoms with E-state index in [9.17, 15) is 0 Å². The monoisotopic (exact) mass is 247 g/mol. The van der Waals surface area contributed by atoms with Crippen molar-refractivity contribution in [3.63, 3.8) is 0 Å². The van der Waals surface area contributed by atoms with E-state index in [-0.39, 0.29) is 6.04 Å². The van der Waals surface area contributed by atoms with Crippen LogP contribution in [0.5, 0.6) is 0 Å². The molecule has 2 N–H and O–H groups in total. The first-order valence-electron chi connectivity index (χ1n) is 6.70. The van der Waals surface area contributed by atoms with Gasteiger partial charge in [0.15, 0.2) is 0 Å². The van der Waals surface area contributed by atoms with Gasteiger partial charge in [0.2, 0.25) is 0 Å². The Kier molecular flexibility index (Phi) is 2.95. The van der Waals surface area contributed by atoms with Crippen molar-refractivity contribution in [1.29, 1.82) is 0 Å². The first kappa shape index (κ1) is 11.6. The van der Waals surface area contributed by atoms with Crippen LogP contribution in [-0.2, 0) is 5.41 Å². The molecule has 3 rings (SSSR count). The van der Waals surface area contributed by atoms with Crippen LogP contribution in [-0.4, -0.2) is 11.8 Å². The van der Waals surface area contributed by atoms with Crippen LogP contribution in [0.1, 0.15) is 38.2 Å². The van der Waals surface area contributed by atoms with Gasteiger partial charge in [-0.15, -0.1) is 11.8 Å². The molecular weight excluding hydrogens is 226 g/mol. The largest absolute Gasteiger partial charge is 0.327 e. The number of nitrogens with two attached hydrogens (primary N) is 1. The Morgan fingerprint density at radius 3 is 2.41 bits per heavy atom. The maximum atomic E-state index is 6.10. The Morgan fingerprint density at radius 1 is 1.29 bits per heavy atom. The normalized spacial score (nSPS) is 23.4. The summed E-state index contributed by atoms with van der Waals surface area (Å²) in [6.07, 6.45) is 5.41. The predicted octanol–water partition coefficient (Wildman–Crippen LogP) is 3.57. The molecule has 0 saturated heterocycles. The topological polar surface area (TPSA) is 26.0 Å². The third-order valence-electron chi connectivity index (χ3n) is 4.27. The highest BCUT2D eigenvalue weighted by molar-refractivity contribution is 7.99. The minimum Gasteiger partial charge on any atom is -0.327 e. The van der Waals surface area contributed by atoms with Crippen molar-refractivity contribution < 1.29 is 0 Å². The second-order valence-electron chi connectivity index (χ2n) is 5.72. The lowest BCUT2D eigenvalue weighted by Crippen LogP contribution is -2.31. The predicted molar refractivity (Wildman–Crippen MR) is 74.5 cm³/mol. The molecule has 1 aromatic carbocycles. The highest BCUT2D eigenvalue weighted by Crippen LogP contribution is 2.50. The van der Waals surface area contributed by atoms with Crippen molar-refractivity contribution in [1.82, 2.24) is 0 Å². The molecule has 1 aromatic rings. The zero-order chi connectivity index (χ0) is 11.9. The molecule has 2 heteroatoms. The van der Waals surface area contributed by atoms with Gasteiger partial charge < -0.3 is 5.73 Å². The van der Waals surface area contributed by atoms with Gasteiger partial charge in [-0.3, -0.25) is 0 Å². The van der Waals surface area contributed by atoms with Gasteiger partial charge in [0, 0.05) is 22.1 Å². The van der Waals surface area contributed by atoms with Crippen molar-refractivity contribution in [2.45, 2.75) is 49.0 Å². The van der Waals surface area contributed by atoms with Crippen LogP contribution in [0.2, 0.25) is 0 Å². The average molecular weight is 247 g/mol. The van der Waals surface area contributed by atoms with E-state index in [0.717, 1.165) is 5.92 Å². The molecule has 0 heterocycles. The molecule has 17 heavy (non-hydrogen) atoms.